The number of primary amides is 1. The highest BCUT2D eigenvalue weighted by Crippen LogP contribution is 2.36. The van der Waals surface area contributed by atoms with Crippen LogP contribution in [0, 0.1) is 5.41 Å². The molecule has 108 valence electrons. The van der Waals surface area contributed by atoms with Crippen LogP contribution >= 0.6 is 0 Å². The number of amides is 1. The Hall–Kier alpha value is -2.11. The number of carboxylic acid groups (broad SMARTS) is 1. The van der Waals surface area contributed by atoms with E-state index in [4.69, 9.17) is 5.73 Å². The standard InChI is InChI=1S/C14H19N3O3/c1-2-14(13(19)20)5-8-17(9-6-14)12-10(11(15)18)4-3-7-16-12/h3-4,7H,2,5-6,8-9H2,1H3,(H2,15,18)(H,19,20). The second-order valence-corrected chi connectivity index (χ2v) is 5.16. The summed E-state index contributed by atoms with van der Waals surface area (Å²) in [7, 11) is 0. The lowest BCUT2D eigenvalue weighted by atomic mass is 9.76. The van der Waals surface area contributed by atoms with E-state index in [1.165, 1.54) is 0 Å². The average molecular weight is 277 g/mol. The number of nitrogens with two attached hydrogens (primary N) is 1. The first-order valence-corrected chi connectivity index (χ1v) is 6.73. The van der Waals surface area contributed by atoms with Crippen LogP contribution in [-0.2, 0) is 4.79 Å². The Bertz CT molecular complexity index is 522. The van der Waals surface area contributed by atoms with Gasteiger partial charge in [0.1, 0.15) is 5.82 Å². The molecule has 20 heavy (non-hydrogen) atoms. The topological polar surface area (TPSA) is 96.5 Å². The van der Waals surface area contributed by atoms with Crippen molar-refractivity contribution < 1.29 is 14.7 Å². The summed E-state index contributed by atoms with van der Waals surface area (Å²) in [6.45, 7) is 3.04. The molecular formula is C14H19N3O3. The van der Waals surface area contributed by atoms with Gasteiger partial charge in [-0.1, -0.05) is 6.92 Å². The van der Waals surface area contributed by atoms with E-state index >= 15 is 0 Å². The van der Waals surface area contributed by atoms with Gasteiger partial charge in [0.25, 0.3) is 5.91 Å². The van der Waals surface area contributed by atoms with Gasteiger partial charge in [-0.3, -0.25) is 9.59 Å². The first-order chi connectivity index (χ1) is 9.50. The molecular weight excluding hydrogens is 258 g/mol. The van der Waals surface area contributed by atoms with Gasteiger partial charge in [-0.25, -0.2) is 4.98 Å². The Morgan fingerprint density at radius 3 is 2.60 bits per heavy atom. The maximum Gasteiger partial charge on any atom is 0.309 e. The molecule has 0 unspecified atom stereocenters. The number of carboxylic acids is 1. The van der Waals surface area contributed by atoms with Gasteiger partial charge >= 0.3 is 5.97 Å². The smallest absolute Gasteiger partial charge is 0.309 e. The van der Waals surface area contributed by atoms with Crippen molar-refractivity contribution in [3.05, 3.63) is 23.9 Å². The second kappa shape index (κ2) is 5.48. The molecule has 0 aromatic carbocycles. The van der Waals surface area contributed by atoms with E-state index in [0.717, 1.165) is 0 Å². The molecule has 0 atom stereocenters. The highest BCUT2D eigenvalue weighted by Gasteiger charge is 2.40. The average Bonchev–Trinajstić information content (AvgIpc) is 2.47. The lowest BCUT2D eigenvalue weighted by Crippen LogP contribution is -2.45. The van der Waals surface area contributed by atoms with Gasteiger partial charge in [-0.15, -0.1) is 0 Å². The summed E-state index contributed by atoms with van der Waals surface area (Å²) in [5.41, 5.74) is 5.08. The number of rotatable bonds is 4. The number of hydrogen-bond donors (Lipinski definition) is 2. The molecule has 0 radical (unpaired) electrons. The van der Waals surface area contributed by atoms with Crippen molar-refractivity contribution in [1.82, 2.24) is 4.98 Å². The zero-order valence-electron chi connectivity index (χ0n) is 11.5. The molecule has 1 saturated heterocycles. The van der Waals surface area contributed by atoms with Gasteiger partial charge in [0, 0.05) is 19.3 Å². The van der Waals surface area contributed by atoms with Crippen molar-refractivity contribution in [2.45, 2.75) is 26.2 Å². The predicted octanol–water partition coefficient (Wildman–Crippen LogP) is 1.26. The van der Waals surface area contributed by atoms with Crippen molar-refractivity contribution in [1.29, 1.82) is 0 Å². The molecule has 2 rings (SSSR count). The van der Waals surface area contributed by atoms with E-state index in [2.05, 4.69) is 4.98 Å². The van der Waals surface area contributed by atoms with Gasteiger partial charge in [-0.05, 0) is 31.4 Å². The van der Waals surface area contributed by atoms with Gasteiger partial charge in [0.05, 0.1) is 11.0 Å². The molecule has 1 aromatic rings. The summed E-state index contributed by atoms with van der Waals surface area (Å²) in [5.74, 6) is -0.704. The minimum Gasteiger partial charge on any atom is -0.481 e. The molecule has 0 spiro atoms. The minimum atomic E-state index is -0.740. The number of piperidine rings is 1. The molecule has 1 aliphatic heterocycles. The number of anilines is 1. The minimum absolute atomic E-state index is 0.381. The summed E-state index contributed by atoms with van der Waals surface area (Å²) in [6, 6.07) is 3.31. The van der Waals surface area contributed by atoms with Crippen molar-refractivity contribution in [3.8, 4) is 0 Å². The molecule has 6 heteroatoms. The van der Waals surface area contributed by atoms with E-state index in [-0.39, 0.29) is 0 Å². The number of aromatic nitrogens is 1. The van der Waals surface area contributed by atoms with Crippen molar-refractivity contribution in [3.63, 3.8) is 0 Å². The van der Waals surface area contributed by atoms with Gasteiger partial charge < -0.3 is 15.7 Å². The third-order valence-electron chi connectivity index (χ3n) is 4.20. The van der Waals surface area contributed by atoms with Gasteiger partial charge in [-0.2, -0.15) is 0 Å². The molecule has 1 aliphatic rings. The van der Waals surface area contributed by atoms with E-state index in [0.29, 0.717) is 43.7 Å². The quantitative estimate of drug-likeness (QED) is 0.863. The molecule has 6 nitrogen and oxygen atoms in total. The Morgan fingerprint density at radius 1 is 1.45 bits per heavy atom. The van der Waals surface area contributed by atoms with E-state index in [1.54, 1.807) is 18.3 Å². The highest BCUT2D eigenvalue weighted by atomic mass is 16.4. The summed E-state index contributed by atoms with van der Waals surface area (Å²) in [6.07, 6.45) is 3.32. The summed E-state index contributed by atoms with van der Waals surface area (Å²) < 4.78 is 0. The van der Waals surface area contributed by atoms with Crippen LogP contribution in [0.4, 0.5) is 5.82 Å². The van der Waals surface area contributed by atoms with Crippen LogP contribution in [0.5, 0.6) is 0 Å². The van der Waals surface area contributed by atoms with Crippen LogP contribution in [-0.4, -0.2) is 35.1 Å². The fourth-order valence-corrected chi connectivity index (χ4v) is 2.71. The monoisotopic (exact) mass is 277 g/mol. The van der Waals surface area contributed by atoms with Crippen LogP contribution in [0.1, 0.15) is 36.5 Å². The van der Waals surface area contributed by atoms with Gasteiger partial charge in [0.2, 0.25) is 0 Å². The summed E-state index contributed by atoms with van der Waals surface area (Å²) in [5, 5.41) is 9.38. The van der Waals surface area contributed by atoms with Crippen LogP contribution in [0.2, 0.25) is 0 Å². The molecule has 0 aliphatic carbocycles. The van der Waals surface area contributed by atoms with E-state index < -0.39 is 17.3 Å². The number of hydrogen-bond acceptors (Lipinski definition) is 4. The predicted molar refractivity (Wildman–Crippen MR) is 74.6 cm³/mol. The summed E-state index contributed by atoms with van der Waals surface area (Å²) in [4.78, 5) is 29.0. The second-order valence-electron chi connectivity index (χ2n) is 5.16. The highest BCUT2D eigenvalue weighted by molar-refractivity contribution is 5.97. The Balaban J connectivity index is 2.19. The Morgan fingerprint density at radius 2 is 2.10 bits per heavy atom. The molecule has 0 saturated carbocycles. The van der Waals surface area contributed by atoms with Gasteiger partial charge in [0.15, 0.2) is 0 Å². The molecule has 2 heterocycles. The normalized spacial score (nSPS) is 17.8. The van der Waals surface area contributed by atoms with Crippen LogP contribution < -0.4 is 10.6 Å². The third kappa shape index (κ3) is 2.45. The van der Waals surface area contributed by atoms with Crippen molar-refractivity contribution >= 4 is 17.7 Å². The van der Waals surface area contributed by atoms with Crippen molar-refractivity contribution in [2.75, 3.05) is 18.0 Å². The molecule has 3 N–H and O–H groups in total. The first kappa shape index (κ1) is 14.3. The number of carbonyl (C=O) groups is 2. The number of nitrogens with zero attached hydrogens (tertiary/aromatic N) is 2. The largest absolute Gasteiger partial charge is 0.481 e. The first-order valence-electron chi connectivity index (χ1n) is 6.73. The molecule has 0 bridgehead atoms. The number of aliphatic carboxylic acids is 1. The zero-order valence-corrected chi connectivity index (χ0v) is 11.5. The number of pyridine rings is 1. The van der Waals surface area contributed by atoms with Crippen LogP contribution in [0.15, 0.2) is 18.3 Å². The van der Waals surface area contributed by atoms with E-state index in [9.17, 15) is 14.7 Å². The van der Waals surface area contributed by atoms with E-state index in [1.807, 2.05) is 11.8 Å². The molecule has 1 fully saturated rings. The Kier molecular flexibility index (Phi) is 3.92. The lowest BCUT2D eigenvalue weighted by Gasteiger charge is -2.39. The lowest BCUT2D eigenvalue weighted by molar-refractivity contribution is -0.150. The van der Waals surface area contributed by atoms with Crippen LogP contribution in [0.3, 0.4) is 0 Å². The van der Waals surface area contributed by atoms with Crippen molar-refractivity contribution in [2.24, 2.45) is 11.1 Å². The molecule has 1 amide bonds. The summed E-state index contributed by atoms with van der Waals surface area (Å²) >= 11 is 0. The number of carbonyl (C=O) groups excluding carboxylic acids is 1. The zero-order chi connectivity index (χ0) is 14.8. The third-order valence-corrected chi connectivity index (χ3v) is 4.20. The maximum absolute atomic E-state index is 11.4. The Labute approximate surface area is 117 Å². The fourth-order valence-electron chi connectivity index (χ4n) is 2.71. The van der Waals surface area contributed by atoms with Crippen LogP contribution in [0.25, 0.3) is 0 Å². The molecule has 1 aromatic heterocycles. The fraction of sp³-hybridized carbons (Fsp3) is 0.500. The SMILES string of the molecule is CCC1(C(=O)O)CCN(c2ncccc2C(N)=O)CC1. The maximum atomic E-state index is 11.4.